The van der Waals surface area contributed by atoms with E-state index in [0.717, 1.165) is 0 Å². The van der Waals surface area contributed by atoms with E-state index in [1.165, 1.54) is 7.11 Å². The molecule has 0 bridgehead atoms. The van der Waals surface area contributed by atoms with Gasteiger partial charge in [-0.25, -0.2) is 0 Å². The Hall–Kier alpha value is -0.650. The maximum Gasteiger partial charge on any atom is 0.325 e. The van der Waals surface area contributed by atoms with Crippen LogP contribution >= 0.6 is 0 Å². The number of carbonyl (C=O) groups excluding carboxylic acids is 1. The molecule has 1 rings (SSSR count). The fourth-order valence-corrected chi connectivity index (χ4v) is 1.27. The van der Waals surface area contributed by atoms with Crippen LogP contribution in [0, 0.1) is 0 Å². The van der Waals surface area contributed by atoms with Crippen LogP contribution in [0.5, 0.6) is 0 Å². The molecule has 0 aliphatic carbocycles. The van der Waals surface area contributed by atoms with E-state index in [1.807, 2.05) is 13.8 Å². The van der Waals surface area contributed by atoms with E-state index in [2.05, 4.69) is 10.1 Å². The molecular weight excluding hydrogens is 198 g/mol. The van der Waals surface area contributed by atoms with E-state index in [9.17, 15) is 4.79 Å². The van der Waals surface area contributed by atoms with E-state index < -0.39 is 6.04 Å². The molecule has 0 amide bonds. The molecule has 1 heterocycles. The lowest BCUT2D eigenvalue weighted by Gasteiger charge is -2.28. The van der Waals surface area contributed by atoms with Crippen LogP contribution in [0.3, 0.4) is 0 Å². The summed E-state index contributed by atoms with van der Waals surface area (Å²) in [6.45, 7) is 5.52. The van der Waals surface area contributed by atoms with Gasteiger partial charge in [-0.05, 0) is 0 Å². The average Bonchev–Trinajstić information content (AvgIpc) is 2.12. The fraction of sp³-hybridized carbons (Fsp3) is 0.900. The van der Waals surface area contributed by atoms with Gasteiger partial charge in [-0.3, -0.25) is 4.79 Å². The summed E-state index contributed by atoms with van der Waals surface area (Å²) >= 11 is 0. The van der Waals surface area contributed by atoms with Crippen LogP contribution in [0.15, 0.2) is 0 Å². The monoisotopic (exact) mass is 217 g/mol. The summed E-state index contributed by atoms with van der Waals surface area (Å²) in [7, 11) is 1.38. The normalized spacial score (nSPS) is 18.7. The molecule has 15 heavy (non-hydrogen) atoms. The summed E-state index contributed by atoms with van der Waals surface area (Å²) < 4.78 is 15.1. The first-order valence-electron chi connectivity index (χ1n) is 5.16. The van der Waals surface area contributed by atoms with Gasteiger partial charge in [0.15, 0.2) is 0 Å². The highest BCUT2D eigenvalue weighted by atomic mass is 16.6. The lowest BCUT2D eigenvalue weighted by Crippen LogP contribution is -2.47. The minimum Gasteiger partial charge on any atom is -0.468 e. The molecule has 0 radical (unpaired) electrons. The number of hydrogen-bond donors (Lipinski definition) is 1. The summed E-state index contributed by atoms with van der Waals surface area (Å²) in [4.78, 5) is 11.4. The molecule has 0 aromatic carbocycles. The predicted molar refractivity (Wildman–Crippen MR) is 54.6 cm³/mol. The molecule has 1 fully saturated rings. The van der Waals surface area contributed by atoms with E-state index in [-0.39, 0.29) is 18.1 Å². The number of ether oxygens (including phenoxy) is 3. The molecule has 1 atom stereocenters. The van der Waals surface area contributed by atoms with Gasteiger partial charge in [0.1, 0.15) is 12.1 Å². The first-order valence-corrected chi connectivity index (χ1v) is 5.16. The van der Waals surface area contributed by atoms with Crippen LogP contribution < -0.4 is 5.32 Å². The topological polar surface area (TPSA) is 56.8 Å². The van der Waals surface area contributed by atoms with Gasteiger partial charge < -0.3 is 19.5 Å². The van der Waals surface area contributed by atoms with E-state index in [4.69, 9.17) is 9.47 Å². The number of hydrogen-bond acceptors (Lipinski definition) is 5. The molecule has 0 aromatic heterocycles. The third kappa shape index (κ3) is 4.15. The second-order valence-electron chi connectivity index (χ2n) is 3.89. The second-order valence-corrected chi connectivity index (χ2v) is 3.89. The van der Waals surface area contributed by atoms with Gasteiger partial charge in [-0.15, -0.1) is 0 Å². The molecule has 0 saturated carbocycles. The van der Waals surface area contributed by atoms with Crippen molar-refractivity contribution in [3.63, 3.8) is 0 Å². The molecule has 1 unspecified atom stereocenters. The van der Waals surface area contributed by atoms with Crippen molar-refractivity contribution in [1.82, 2.24) is 5.32 Å². The lowest BCUT2D eigenvalue weighted by atomic mass is 10.2. The Morgan fingerprint density at radius 1 is 1.53 bits per heavy atom. The third-order valence-electron chi connectivity index (χ3n) is 2.13. The lowest BCUT2D eigenvalue weighted by molar-refractivity contribution is -0.154. The van der Waals surface area contributed by atoms with Crippen molar-refractivity contribution in [2.24, 2.45) is 0 Å². The highest BCUT2D eigenvalue weighted by molar-refractivity contribution is 5.75. The van der Waals surface area contributed by atoms with Gasteiger partial charge in [-0.1, -0.05) is 13.8 Å². The maximum absolute atomic E-state index is 11.4. The Morgan fingerprint density at radius 2 is 2.20 bits per heavy atom. The molecule has 0 aromatic rings. The van der Waals surface area contributed by atoms with Gasteiger partial charge >= 0.3 is 5.97 Å². The smallest absolute Gasteiger partial charge is 0.325 e. The Bertz CT molecular complexity index is 204. The summed E-state index contributed by atoms with van der Waals surface area (Å²) in [5.41, 5.74) is 0. The average molecular weight is 217 g/mol. The van der Waals surface area contributed by atoms with Crippen molar-refractivity contribution in [3.8, 4) is 0 Å². The van der Waals surface area contributed by atoms with Crippen LogP contribution in [0.25, 0.3) is 0 Å². The number of rotatable bonds is 6. The van der Waals surface area contributed by atoms with Crippen LogP contribution in [0.2, 0.25) is 0 Å². The Labute approximate surface area is 90.1 Å². The van der Waals surface area contributed by atoms with Crippen LogP contribution in [-0.4, -0.2) is 51.1 Å². The Balaban J connectivity index is 2.29. The first-order chi connectivity index (χ1) is 7.13. The number of methoxy groups -OCH3 is 1. The third-order valence-corrected chi connectivity index (χ3v) is 2.13. The molecule has 0 spiro atoms. The molecule has 1 N–H and O–H groups in total. The van der Waals surface area contributed by atoms with Gasteiger partial charge in [0.2, 0.25) is 0 Å². The fourth-order valence-electron chi connectivity index (χ4n) is 1.27. The van der Waals surface area contributed by atoms with Crippen molar-refractivity contribution in [3.05, 3.63) is 0 Å². The van der Waals surface area contributed by atoms with Crippen molar-refractivity contribution >= 4 is 5.97 Å². The Kier molecular flexibility index (Phi) is 5.01. The van der Waals surface area contributed by atoms with Crippen molar-refractivity contribution in [2.45, 2.75) is 32.0 Å². The zero-order valence-electron chi connectivity index (χ0n) is 9.49. The maximum atomic E-state index is 11.4. The van der Waals surface area contributed by atoms with Crippen LogP contribution in [0.4, 0.5) is 0 Å². The minimum atomic E-state index is -0.393. The molecule has 5 nitrogen and oxygen atoms in total. The summed E-state index contributed by atoms with van der Waals surface area (Å²) in [6, 6.07) is -0.175. The summed E-state index contributed by atoms with van der Waals surface area (Å²) in [6.07, 6.45) is 0.131. The van der Waals surface area contributed by atoms with E-state index in [0.29, 0.717) is 19.8 Å². The SMILES string of the molecule is COC(=O)C(COC1COC1)NC(C)C. The van der Waals surface area contributed by atoms with Crippen molar-refractivity contribution < 1.29 is 19.0 Å². The van der Waals surface area contributed by atoms with Gasteiger partial charge in [0.05, 0.1) is 26.9 Å². The predicted octanol–water partition coefficient (Wildman–Crippen LogP) is -0.0586. The number of carbonyl (C=O) groups is 1. The standard InChI is InChI=1S/C10H19NO4/c1-7(2)11-9(10(12)13-3)6-15-8-4-14-5-8/h7-9,11H,4-6H2,1-3H3. The summed E-state index contributed by atoms with van der Waals surface area (Å²) in [5.74, 6) is -0.288. The molecular formula is C10H19NO4. The number of esters is 1. The van der Waals surface area contributed by atoms with Crippen molar-refractivity contribution in [1.29, 1.82) is 0 Å². The Morgan fingerprint density at radius 3 is 2.60 bits per heavy atom. The van der Waals surface area contributed by atoms with E-state index >= 15 is 0 Å². The highest BCUT2D eigenvalue weighted by Crippen LogP contribution is 2.06. The largest absolute Gasteiger partial charge is 0.468 e. The minimum absolute atomic E-state index is 0.131. The quantitative estimate of drug-likeness (QED) is 0.632. The zero-order chi connectivity index (χ0) is 11.3. The molecule has 5 heteroatoms. The van der Waals surface area contributed by atoms with Crippen molar-refractivity contribution in [2.75, 3.05) is 26.9 Å². The highest BCUT2D eigenvalue weighted by Gasteiger charge is 2.25. The zero-order valence-corrected chi connectivity index (χ0v) is 9.49. The molecule has 1 aliphatic rings. The molecule has 1 aliphatic heterocycles. The number of nitrogens with one attached hydrogen (secondary N) is 1. The van der Waals surface area contributed by atoms with Crippen LogP contribution in [0.1, 0.15) is 13.8 Å². The van der Waals surface area contributed by atoms with Crippen LogP contribution in [-0.2, 0) is 19.0 Å². The molecule has 1 saturated heterocycles. The second kappa shape index (κ2) is 6.05. The van der Waals surface area contributed by atoms with Gasteiger partial charge in [0.25, 0.3) is 0 Å². The van der Waals surface area contributed by atoms with Gasteiger partial charge in [-0.2, -0.15) is 0 Å². The van der Waals surface area contributed by atoms with E-state index in [1.54, 1.807) is 0 Å². The first kappa shape index (κ1) is 12.4. The summed E-state index contributed by atoms with van der Waals surface area (Å²) in [5, 5.41) is 3.09. The molecule has 88 valence electrons. The van der Waals surface area contributed by atoms with Gasteiger partial charge in [0, 0.05) is 6.04 Å².